The molecule has 0 saturated carbocycles. The van der Waals surface area contributed by atoms with Crippen LogP contribution in [0.5, 0.6) is 0 Å². The van der Waals surface area contributed by atoms with E-state index in [-0.39, 0.29) is 16.8 Å². The highest BCUT2D eigenvalue weighted by atomic mass is 32.2. The van der Waals surface area contributed by atoms with Crippen molar-refractivity contribution in [1.29, 1.82) is 0 Å². The van der Waals surface area contributed by atoms with Gasteiger partial charge in [-0.2, -0.15) is 0 Å². The zero-order valence-corrected chi connectivity index (χ0v) is 11.2. The molecule has 1 aromatic heterocycles. The number of fused-ring (bicyclic) bond motifs is 1. The molecule has 1 atom stereocenters. The van der Waals surface area contributed by atoms with Crippen molar-refractivity contribution in [3.63, 3.8) is 0 Å². The van der Waals surface area contributed by atoms with Crippen molar-refractivity contribution in [1.82, 2.24) is 15.3 Å². The third-order valence-corrected chi connectivity index (χ3v) is 5.00. The van der Waals surface area contributed by atoms with Crippen LogP contribution >= 0.6 is 0 Å². The lowest BCUT2D eigenvalue weighted by molar-refractivity contribution is 0.573. The molecule has 1 aliphatic heterocycles. The summed E-state index contributed by atoms with van der Waals surface area (Å²) >= 11 is 0. The summed E-state index contributed by atoms with van der Waals surface area (Å²) in [5, 5.41) is 3.26. The van der Waals surface area contributed by atoms with Gasteiger partial charge in [-0.15, -0.1) is 0 Å². The van der Waals surface area contributed by atoms with Crippen LogP contribution in [0.4, 0.5) is 0 Å². The maximum atomic E-state index is 12.3. The molecule has 1 aliphatic rings. The van der Waals surface area contributed by atoms with E-state index in [2.05, 4.69) is 15.3 Å². The highest BCUT2D eigenvalue weighted by Gasteiger charge is 2.25. The first kappa shape index (κ1) is 12.5. The molecule has 1 saturated heterocycles. The Morgan fingerprint density at radius 3 is 2.79 bits per heavy atom. The summed E-state index contributed by atoms with van der Waals surface area (Å²) in [5.41, 5.74) is 1.32. The van der Waals surface area contributed by atoms with Crippen LogP contribution in [-0.2, 0) is 9.84 Å². The predicted molar refractivity (Wildman–Crippen MR) is 72.6 cm³/mol. The minimum atomic E-state index is -3.37. The van der Waals surface area contributed by atoms with E-state index in [0.717, 1.165) is 19.4 Å². The topological polar surface area (TPSA) is 72.0 Å². The molecule has 6 heteroatoms. The normalized spacial score (nSPS) is 19.9. The summed E-state index contributed by atoms with van der Waals surface area (Å²) in [5.74, 6) is 0.0972. The van der Waals surface area contributed by atoms with E-state index in [0.29, 0.717) is 11.0 Å². The molecule has 0 spiro atoms. The number of nitrogens with zero attached hydrogens (tertiary/aromatic N) is 2. The third kappa shape index (κ3) is 2.59. The molecular formula is C13H15N3O2S. The van der Waals surface area contributed by atoms with Gasteiger partial charge in [0.25, 0.3) is 0 Å². The fourth-order valence-corrected chi connectivity index (χ4v) is 3.78. The molecular weight excluding hydrogens is 262 g/mol. The van der Waals surface area contributed by atoms with Crippen molar-refractivity contribution in [2.24, 2.45) is 0 Å². The van der Waals surface area contributed by atoms with Crippen LogP contribution < -0.4 is 5.32 Å². The SMILES string of the molecule is O=S(=O)(CC1CCCN1)c1cnc2ccccc2n1. The molecule has 1 aromatic carbocycles. The summed E-state index contributed by atoms with van der Waals surface area (Å²) in [6, 6.07) is 7.31. The van der Waals surface area contributed by atoms with Crippen molar-refractivity contribution in [2.45, 2.75) is 23.9 Å². The molecule has 3 rings (SSSR count). The van der Waals surface area contributed by atoms with Crippen molar-refractivity contribution in [3.8, 4) is 0 Å². The summed E-state index contributed by atoms with van der Waals surface area (Å²) in [6.45, 7) is 0.892. The Balaban J connectivity index is 1.93. The second kappa shape index (κ2) is 4.86. The van der Waals surface area contributed by atoms with E-state index in [1.54, 1.807) is 6.07 Å². The van der Waals surface area contributed by atoms with Gasteiger partial charge in [0, 0.05) is 6.04 Å². The lowest BCUT2D eigenvalue weighted by atomic mass is 10.3. The van der Waals surface area contributed by atoms with E-state index in [4.69, 9.17) is 0 Å². The van der Waals surface area contributed by atoms with Crippen LogP contribution in [0.1, 0.15) is 12.8 Å². The Bertz CT molecular complexity index is 694. The third-order valence-electron chi connectivity index (χ3n) is 3.33. The number of hydrogen-bond donors (Lipinski definition) is 1. The fraction of sp³-hybridized carbons (Fsp3) is 0.385. The smallest absolute Gasteiger partial charge is 0.198 e. The maximum Gasteiger partial charge on any atom is 0.198 e. The molecule has 2 aromatic rings. The molecule has 0 bridgehead atoms. The largest absolute Gasteiger partial charge is 0.313 e. The van der Waals surface area contributed by atoms with Crippen LogP contribution in [0.2, 0.25) is 0 Å². The Kier molecular flexibility index (Phi) is 3.20. The summed E-state index contributed by atoms with van der Waals surface area (Å²) in [4.78, 5) is 8.37. The summed E-state index contributed by atoms with van der Waals surface area (Å²) in [7, 11) is -3.37. The van der Waals surface area contributed by atoms with Crippen LogP contribution in [0.25, 0.3) is 11.0 Å². The number of benzene rings is 1. The maximum absolute atomic E-state index is 12.3. The van der Waals surface area contributed by atoms with Crippen LogP contribution in [0, 0.1) is 0 Å². The zero-order valence-electron chi connectivity index (χ0n) is 10.4. The van der Waals surface area contributed by atoms with Crippen molar-refractivity contribution >= 4 is 20.9 Å². The summed E-state index contributed by atoms with van der Waals surface area (Å²) < 4.78 is 24.6. The van der Waals surface area contributed by atoms with Crippen molar-refractivity contribution in [3.05, 3.63) is 30.5 Å². The number of nitrogens with one attached hydrogen (secondary N) is 1. The van der Waals surface area contributed by atoms with E-state index >= 15 is 0 Å². The Morgan fingerprint density at radius 1 is 1.26 bits per heavy atom. The second-order valence-electron chi connectivity index (χ2n) is 4.77. The fourth-order valence-electron chi connectivity index (χ4n) is 2.34. The van der Waals surface area contributed by atoms with Gasteiger partial charge in [-0.05, 0) is 31.5 Å². The van der Waals surface area contributed by atoms with Gasteiger partial charge in [0.15, 0.2) is 14.9 Å². The first-order valence-corrected chi connectivity index (χ1v) is 7.98. The first-order valence-electron chi connectivity index (χ1n) is 6.33. The quantitative estimate of drug-likeness (QED) is 0.911. The van der Waals surface area contributed by atoms with Crippen molar-refractivity contribution in [2.75, 3.05) is 12.3 Å². The van der Waals surface area contributed by atoms with Gasteiger partial charge in [-0.3, -0.25) is 4.98 Å². The molecule has 1 N–H and O–H groups in total. The molecule has 19 heavy (non-hydrogen) atoms. The second-order valence-corrected chi connectivity index (χ2v) is 6.75. The Morgan fingerprint density at radius 2 is 2.05 bits per heavy atom. The van der Waals surface area contributed by atoms with Gasteiger partial charge in [0.2, 0.25) is 0 Å². The van der Waals surface area contributed by atoms with Gasteiger partial charge in [0.1, 0.15) is 0 Å². The van der Waals surface area contributed by atoms with Gasteiger partial charge in [-0.1, -0.05) is 12.1 Å². The average molecular weight is 277 g/mol. The number of hydrogen-bond acceptors (Lipinski definition) is 5. The van der Waals surface area contributed by atoms with Gasteiger partial charge < -0.3 is 5.32 Å². The van der Waals surface area contributed by atoms with E-state index in [1.807, 2.05) is 18.2 Å². The number of para-hydroxylation sites is 2. The zero-order chi connectivity index (χ0) is 13.3. The van der Waals surface area contributed by atoms with E-state index in [1.165, 1.54) is 6.20 Å². The highest BCUT2D eigenvalue weighted by molar-refractivity contribution is 7.91. The standard InChI is InChI=1S/C13H15N3O2S/c17-19(18,9-10-4-3-7-14-10)13-8-15-11-5-1-2-6-12(11)16-13/h1-2,5-6,8,10,14H,3-4,7,9H2. The Hall–Kier alpha value is -1.53. The number of rotatable bonds is 3. The van der Waals surface area contributed by atoms with Gasteiger partial charge in [-0.25, -0.2) is 13.4 Å². The molecule has 100 valence electrons. The average Bonchev–Trinajstić information content (AvgIpc) is 2.90. The molecule has 2 heterocycles. The molecule has 1 unspecified atom stereocenters. The monoisotopic (exact) mass is 277 g/mol. The van der Waals surface area contributed by atoms with E-state index in [9.17, 15) is 8.42 Å². The van der Waals surface area contributed by atoms with Crippen molar-refractivity contribution < 1.29 is 8.42 Å². The first-order chi connectivity index (χ1) is 9.15. The summed E-state index contributed by atoms with van der Waals surface area (Å²) in [6.07, 6.45) is 3.29. The van der Waals surface area contributed by atoms with Gasteiger partial charge >= 0.3 is 0 Å². The lowest BCUT2D eigenvalue weighted by Gasteiger charge is -2.10. The van der Waals surface area contributed by atoms with E-state index < -0.39 is 9.84 Å². The lowest BCUT2D eigenvalue weighted by Crippen LogP contribution is -2.30. The molecule has 5 nitrogen and oxygen atoms in total. The molecule has 0 aliphatic carbocycles. The number of sulfone groups is 1. The van der Waals surface area contributed by atoms with Crippen LogP contribution in [-0.4, -0.2) is 36.7 Å². The van der Waals surface area contributed by atoms with Crippen LogP contribution in [0.3, 0.4) is 0 Å². The minimum Gasteiger partial charge on any atom is -0.313 e. The predicted octanol–water partition coefficient (Wildman–Crippen LogP) is 1.16. The highest BCUT2D eigenvalue weighted by Crippen LogP contribution is 2.16. The minimum absolute atomic E-state index is 0.0401. The van der Waals surface area contributed by atoms with Gasteiger partial charge in [0.05, 0.1) is 23.0 Å². The number of aromatic nitrogens is 2. The molecule has 0 amide bonds. The van der Waals surface area contributed by atoms with Crippen LogP contribution in [0.15, 0.2) is 35.5 Å². The Labute approximate surface area is 112 Å². The molecule has 1 fully saturated rings. The molecule has 0 radical (unpaired) electrons.